The molecule has 0 radical (unpaired) electrons. The maximum Gasteiger partial charge on any atom is 0.306 e. The number of hydrogen-bond donors (Lipinski definition) is 0. The van der Waals surface area contributed by atoms with Gasteiger partial charge in [0.25, 0.3) is 0 Å². The van der Waals surface area contributed by atoms with E-state index >= 15 is 0 Å². The predicted molar refractivity (Wildman–Crippen MR) is 97.7 cm³/mol. The van der Waals surface area contributed by atoms with Crippen LogP contribution in [0.25, 0.3) is 0 Å². The molecule has 0 fully saturated rings. The van der Waals surface area contributed by atoms with E-state index in [4.69, 9.17) is 9.47 Å². The van der Waals surface area contributed by atoms with Crippen LogP contribution in [0, 0.1) is 0 Å². The van der Waals surface area contributed by atoms with Gasteiger partial charge in [0.2, 0.25) is 0 Å². The van der Waals surface area contributed by atoms with E-state index in [1.165, 1.54) is 0 Å². The number of ether oxygens (including phenoxy) is 2. The van der Waals surface area contributed by atoms with Gasteiger partial charge in [-0.05, 0) is 25.7 Å². The monoisotopic (exact) mass is 338 g/mol. The molecule has 0 spiro atoms. The molecule has 0 rings (SSSR count). The fourth-order valence-electron chi connectivity index (χ4n) is 2.30. The number of rotatable bonds is 15. The molecule has 24 heavy (non-hydrogen) atoms. The lowest BCUT2D eigenvalue weighted by molar-refractivity contribution is -0.148. The summed E-state index contributed by atoms with van der Waals surface area (Å²) >= 11 is 0. The van der Waals surface area contributed by atoms with Crippen LogP contribution in [0.4, 0.5) is 0 Å². The SMILES string of the molecule is C=CC(CC)OC(=O)CCCCCCCCC(=O)OC(C=C)CC. The Morgan fingerprint density at radius 1 is 0.750 bits per heavy atom. The summed E-state index contributed by atoms with van der Waals surface area (Å²) in [6.45, 7) is 11.2. The van der Waals surface area contributed by atoms with E-state index in [2.05, 4.69) is 13.2 Å². The Balaban J connectivity index is 3.51. The van der Waals surface area contributed by atoms with Crippen molar-refractivity contribution >= 4 is 11.9 Å². The van der Waals surface area contributed by atoms with Crippen molar-refractivity contribution < 1.29 is 19.1 Å². The quantitative estimate of drug-likeness (QED) is 0.236. The Bertz CT molecular complexity index is 340. The van der Waals surface area contributed by atoms with E-state index in [1.54, 1.807) is 12.2 Å². The van der Waals surface area contributed by atoms with Crippen LogP contribution in [0.5, 0.6) is 0 Å². The second-order valence-corrected chi connectivity index (χ2v) is 5.97. The van der Waals surface area contributed by atoms with Crippen LogP contribution in [0.1, 0.15) is 78.1 Å². The van der Waals surface area contributed by atoms with Crippen molar-refractivity contribution in [2.75, 3.05) is 0 Å². The Morgan fingerprint density at radius 3 is 1.38 bits per heavy atom. The van der Waals surface area contributed by atoms with Crippen LogP contribution in [0.2, 0.25) is 0 Å². The first-order chi connectivity index (χ1) is 11.6. The molecule has 0 saturated heterocycles. The van der Waals surface area contributed by atoms with E-state index in [-0.39, 0.29) is 24.1 Å². The molecule has 0 N–H and O–H groups in total. The standard InChI is InChI=1S/C20H34O4/c1-5-17(6-2)23-19(21)15-13-11-9-10-12-14-16-20(22)24-18(7-3)8-4/h5,7,17-18H,1,3,6,8-16H2,2,4H3. The van der Waals surface area contributed by atoms with Gasteiger partial charge in [-0.25, -0.2) is 0 Å². The van der Waals surface area contributed by atoms with Crippen LogP contribution in [-0.4, -0.2) is 24.1 Å². The summed E-state index contributed by atoms with van der Waals surface area (Å²) in [4.78, 5) is 23.2. The summed E-state index contributed by atoms with van der Waals surface area (Å²) in [7, 11) is 0. The molecule has 0 aliphatic rings. The minimum Gasteiger partial charge on any atom is -0.458 e. The summed E-state index contributed by atoms with van der Waals surface area (Å²) in [6.07, 6.45) is 11.4. The van der Waals surface area contributed by atoms with Crippen molar-refractivity contribution in [1.82, 2.24) is 0 Å². The lowest BCUT2D eigenvalue weighted by Gasteiger charge is -2.11. The van der Waals surface area contributed by atoms with Gasteiger partial charge in [-0.2, -0.15) is 0 Å². The molecule has 2 atom stereocenters. The largest absolute Gasteiger partial charge is 0.458 e. The van der Waals surface area contributed by atoms with Crippen LogP contribution in [0.15, 0.2) is 25.3 Å². The number of carbonyl (C=O) groups is 2. The van der Waals surface area contributed by atoms with Crippen molar-refractivity contribution in [3.63, 3.8) is 0 Å². The molecule has 0 heterocycles. The molecule has 0 bridgehead atoms. The highest BCUT2D eigenvalue weighted by atomic mass is 16.5. The van der Waals surface area contributed by atoms with E-state index in [0.717, 1.165) is 51.4 Å². The second-order valence-electron chi connectivity index (χ2n) is 5.97. The molecule has 138 valence electrons. The van der Waals surface area contributed by atoms with Crippen LogP contribution in [0.3, 0.4) is 0 Å². The van der Waals surface area contributed by atoms with Crippen molar-refractivity contribution in [2.45, 2.75) is 90.3 Å². The van der Waals surface area contributed by atoms with Crippen molar-refractivity contribution in [3.8, 4) is 0 Å². The Morgan fingerprint density at radius 2 is 1.08 bits per heavy atom. The second kappa shape index (κ2) is 15.0. The summed E-state index contributed by atoms with van der Waals surface area (Å²) in [5.41, 5.74) is 0. The molecular weight excluding hydrogens is 304 g/mol. The summed E-state index contributed by atoms with van der Waals surface area (Å²) in [5.74, 6) is -0.283. The average Bonchev–Trinajstić information content (AvgIpc) is 2.59. The number of esters is 2. The third-order valence-corrected chi connectivity index (χ3v) is 3.91. The van der Waals surface area contributed by atoms with Gasteiger partial charge in [0.05, 0.1) is 0 Å². The zero-order valence-electron chi connectivity index (χ0n) is 15.4. The number of carbonyl (C=O) groups excluding carboxylic acids is 2. The van der Waals surface area contributed by atoms with Gasteiger partial charge in [0.15, 0.2) is 0 Å². The molecule has 4 nitrogen and oxygen atoms in total. The number of hydrogen-bond acceptors (Lipinski definition) is 4. The maximum absolute atomic E-state index is 11.6. The first-order valence-electron chi connectivity index (χ1n) is 9.21. The molecule has 0 aromatic heterocycles. The van der Waals surface area contributed by atoms with Crippen molar-refractivity contribution in [2.24, 2.45) is 0 Å². The van der Waals surface area contributed by atoms with Crippen molar-refractivity contribution in [3.05, 3.63) is 25.3 Å². The van der Waals surface area contributed by atoms with Gasteiger partial charge in [-0.3, -0.25) is 9.59 Å². The molecule has 0 amide bonds. The molecular formula is C20H34O4. The molecule has 0 aliphatic carbocycles. The maximum atomic E-state index is 11.6. The molecule has 0 saturated carbocycles. The Kier molecular flexibility index (Phi) is 14.0. The van der Waals surface area contributed by atoms with Crippen molar-refractivity contribution in [1.29, 1.82) is 0 Å². The van der Waals surface area contributed by atoms with Gasteiger partial charge in [-0.1, -0.05) is 64.8 Å². The van der Waals surface area contributed by atoms with E-state index in [0.29, 0.717) is 12.8 Å². The minimum atomic E-state index is -0.161. The zero-order valence-corrected chi connectivity index (χ0v) is 15.4. The van der Waals surface area contributed by atoms with Crippen LogP contribution < -0.4 is 0 Å². The van der Waals surface area contributed by atoms with Crippen LogP contribution in [-0.2, 0) is 19.1 Å². The molecule has 0 aliphatic heterocycles. The summed E-state index contributed by atoms with van der Waals surface area (Å²) in [5, 5.41) is 0. The summed E-state index contributed by atoms with van der Waals surface area (Å²) < 4.78 is 10.5. The zero-order chi connectivity index (χ0) is 18.2. The van der Waals surface area contributed by atoms with Crippen LogP contribution >= 0.6 is 0 Å². The first-order valence-corrected chi connectivity index (χ1v) is 9.21. The van der Waals surface area contributed by atoms with Gasteiger partial charge in [-0.15, -0.1) is 0 Å². The molecule has 2 unspecified atom stereocenters. The average molecular weight is 338 g/mol. The fourth-order valence-corrected chi connectivity index (χ4v) is 2.30. The highest BCUT2D eigenvalue weighted by molar-refractivity contribution is 5.70. The summed E-state index contributed by atoms with van der Waals surface area (Å²) in [6, 6.07) is 0. The third kappa shape index (κ3) is 11.9. The van der Waals surface area contributed by atoms with Gasteiger partial charge in [0, 0.05) is 12.8 Å². The first kappa shape index (κ1) is 22.4. The van der Waals surface area contributed by atoms with E-state index < -0.39 is 0 Å². The predicted octanol–water partition coefficient (Wildman–Crippen LogP) is 5.12. The molecule has 4 heteroatoms. The number of unbranched alkanes of at least 4 members (excludes halogenated alkanes) is 5. The highest BCUT2D eigenvalue weighted by Gasteiger charge is 2.09. The van der Waals surface area contributed by atoms with Gasteiger partial charge in [0.1, 0.15) is 12.2 Å². The molecule has 0 aromatic rings. The smallest absolute Gasteiger partial charge is 0.306 e. The van der Waals surface area contributed by atoms with Gasteiger partial charge >= 0.3 is 11.9 Å². The Labute approximate surface area is 147 Å². The third-order valence-electron chi connectivity index (χ3n) is 3.91. The van der Waals surface area contributed by atoms with Gasteiger partial charge < -0.3 is 9.47 Å². The molecule has 0 aromatic carbocycles. The minimum absolute atomic E-state index is 0.141. The highest BCUT2D eigenvalue weighted by Crippen LogP contribution is 2.11. The lowest BCUT2D eigenvalue weighted by Crippen LogP contribution is -2.14. The fraction of sp³-hybridized carbons (Fsp3) is 0.700. The normalized spacial score (nSPS) is 12.9. The van der Waals surface area contributed by atoms with E-state index in [9.17, 15) is 9.59 Å². The topological polar surface area (TPSA) is 52.6 Å². The Hall–Kier alpha value is -1.58. The lowest BCUT2D eigenvalue weighted by atomic mass is 10.1. The van der Waals surface area contributed by atoms with E-state index in [1.807, 2.05) is 13.8 Å².